The van der Waals surface area contributed by atoms with Crippen LogP contribution in [0.4, 0.5) is 5.00 Å². The van der Waals surface area contributed by atoms with Crippen LogP contribution in [0.15, 0.2) is 30.5 Å². The first-order valence-electron chi connectivity index (χ1n) is 4.75. The molecule has 0 saturated carbocycles. The molecule has 7 nitrogen and oxygen atoms in total. The molecule has 18 heavy (non-hydrogen) atoms. The molecule has 1 aromatic heterocycles. The van der Waals surface area contributed by atoms with Gasteiger partial charge in [0.2, 0.25) is 0 Å². The number of hydrogen-bond donors (Lipinski definition) is 1. The molecule has 8 heteroatoms. The predicted molar refractivity (Wildman–Crippen MR) is 63.8 cm³/mol. The number of carbonyl (C=O) groups is 1. The van der Waals surface area contributed by atoms with Gasteiger partial charge in [0.25, 0.3) is 11.1 Å². The van der Waals surface area contributed by atoms with E-state index in [4.69, 9.17) is 10.5 Å². The summed E-state index contributed by atoms with van der Waals surface area (Å²) in [5, 5.41) is 10.4. The molecule has 0 aliphatic rings. The summed E-state index contributed by atoms with van der Waals surface area (Å²) in [4.78, 5) is 24.8. The number of nitrogens with two attached hydrogens (primary N) is 1. The highest BCUT2D eigenvalue weighted by Gasteiger charge is 2.15. The first-order valence-corrected chi connectivity index (χ1v) is 5.56. The molecule has 0 radical (unpaired) electrons. The zero-order chi connectivity index (χ0) is 13.1. The summed E-state index contributed by atoms with van der Waals surface area (Å²) >= 11 is 0.772. The number of ether oxygens (including phenoxy) is 1. The van der Waals surface area contributed by atoms with Crippen molar-refractivity contribution >= 4 is 22.2 Å². The Balaban J connectivity index is 2.28. The highest BCUT2D eigenvalue weighted by atomic mass is 32.1. The van der Waals surface area contributed by atoms with E-state index >= 15 is 0 Å². The summed E-state index contributed by atoms with van der Waals surface area (Å²) in [6.07, 6.45) is 1.09. The third kappa shape index (κ3) is 2.43. The van der Waals surface area contributed by atoms with Crippen molar-refractivity contribution < 1.29 is 14.5 Å². The first-order chi connectivity index (χ1) is 8.58. The summed E-state index contributed by atoms with van der Waals surface area (Å²) in [6.45, 7) is 0. The zero-order valence-electron chi connectivity index (χ0n) is 8.90. The van der Waals surface area contributed by atoms with Crippen LogP contribution >= 0.6 is 11.3 Å². The number of aromatic nitrogens is 1. The van der Waals surface area contributed by atoms with Crippen LogP contribution < -0.4 is 10.5 Å². The second-order valence-electron chi connectivity index (χ2n) is 3.18. The van der Waals surface area contributed by atoms with Gasteiger partial charge in [-0.2, -0.15) is 0 Å². The summed E-state index contributed by atoms with van der Waals surface area (Å²) in [6, 6.07) is 6.33. The fraction of sp³-hybridized carbons (Fsp3) is 0. The Morgan fingerprint density at radius 3 is 2.78 bits per heavy atom. The molecule has 2 N–H and O–H groups in total. The summed E-state index contributed by atoms with van der Waals surface area (Å²) < 4.78 is 5.30. The Morgan fingerprint density at radius 2 is 2.17 bits per heavy atom. The van der Waals surface area contributed by atoms with Crippen molar-refractivity contribution in [3.05, 3.63) is 46.1 Å². The largest absolute Gasteiger partial charge is 0.430 e. The van der Waals surface area contributed by atoms with Crippen LogP contribution in [0.25, 0.3) is 0 Å². The fourth-order valence-electron chi connectivity index (χ4n) is 1.23. The number of rotatable bonds is 4. The Kier molecular flexibility index (Phi) is 3.20. The number of nitro groups is 1. The molecular weight excluding hydrogens is 258 g/mol. The van der Waals surface area contributed by atoms with Gasteiger partial charge in [-0.15, -0.1) is 0 Å². The number of carbonyl (C=O) groups excluding carboxylic acids is 1. The molecule has 0 fully saturated rings. The number of benzene rings is 1. The molecule has 0 unspecified atom stereocenters. The lowest BCUT2D eigenvalue weighted by Gasteiger charge is -2.04. The number of nitrogens with zero attached hydrogens (tertiary/aromatic N) is 2. The summed E-state index contributed by atoms with van der Waals surface area (Å²) in [5.74, 6) is -0.425. The molecule has 0 saturated heterocycles. The van der Waals surface area contributed by atoms with E-state index in [1.807, 2.05) is 0 Å². The topological polar surface area (TPSA) is 108 Å². The van der Waals surface area contributed by atoms with Crippen molar-refractivity contribution in [2.24, 2.45) is 5.73 Å². The maximum absolute atomic E-state index is 11.1. The van der Waals surface area contributed by atoms with Gasteiger partial charge in [-0.25, -0.2) is 4.98 Å². The van der Waals surface area contributed by atoms with Crippen molar-refractivity contribution in [3.63, 3.8) is 0 Å². The SMILES string of the molecule is NC(=O)c1ccccc1Oc1ncc([N+](=O)[O-])s1. The molecule has 2 rings (SSSR count). The van der Waals surface area contributed by atoms with Gasteiger partial charge in [0, 0.05) is 0 Å². The smallest absolute Gasteiger partial charge is 0.347 e. The van der Waals surface area contributed by atoms with Crippen molar-refractivity contribution in [2.75, 3.05) is 0 Å². The maximum Gasteiger partial charge on any atom is 0.347 e. The van der Waals surface area contributed by atoms with Gasteiger partial charge in [-0.3, -0.25) is 14.9 Å². The minimum Gasteiger partial charge on any atom is -0.430 e. The van der Waals surface area contributed by atoms with Crippen LogP contribution in [0.3, 0.4) is 0 Å². The van der Waals surface area contributed by atoms with E-state index in [0.717, 1.165) is 17.5 Å². The standard InChI is InChI=1S/C10H7N3O4S/c11-9(14)6-3-1-2-4-7(6)17-10-12-5-8(18-10)13(15)16/h1-5H,(H2,11,14). The van der Waals surface area contributed by atoms with Crippen molar-refractivity contribution in [2.45, 2.75) is 0 Å². The molecular formula is C10H7N3O4S. The Hall–Kier alpha value is -2.48. The quantitative estimate of drug-likeness (QED) is 0.671. The summed E-state index contributed by atoms with van der Waals surface area (Å²) in [5.41, 5.74) is 5.37. The van der Waals surface area contributed by atoms with Crippen LogP contribution in [0, 0.1) is 10.1 Å². The predicted octanol–water partition coefficient (Wildman–Crippen LogP) is 1.94. The lowest BCUT2D eigenvalue weighted by molar-refractivity contribution is -0.380. The molecule has 2 aromatic rings. The van der Waals surface area contributed by atoms with Gasteiger partial charge in [0.15, 0.2) is 0 Å². The second-order valence-corrected chi connectivity index (χ2v) is 4.16. The van der Waals surface area contributed by atoms with E-state index in [0.29, 0.717) is 0 Å². The summed E-state index contributed by atoms with van der Waals surface area (Å²) in [7, 11) is 0. The fourth-order valence-corrected chi connectivity index (χ4v) is 1.83. The van der Waals surface area contributed by atoms with Gasteiger partial charge in [-0.05, 0) is 23.5 Å². The second kappa shape index (κ2) is 4.80. The van der Waals surface area contributed by atoms with Gasteiger partial charge >= 0.3 is 5.00 Å². The van der Waals surface area contributed by atoms with Crippen molar-refractivity contribution in [1.29, 1.82) is 0 Å². The van der Waals surface area contributed by atoms with Gasteiger partial charge in [0.1, 0.15) is 11.9 Å². The third-order valence-electron chi connectivity index (χ3n) is 2.00. The Labute approximate surface area is 105 Å². The maximum atomic E-state index is 11.1. The highest BCUT2D eigenvalue weighted by molar-refractivity contribution is 7.16. The van der Waals surface area contributed by atoms with E-state index in [9.17, 15) is 14.9 Å². The van der Waals surface area contributed by atoms with Gasteiger partial charge < -0.3 is 10.5 Å². The lowest BCUT2D eigenvalue weighted by Crippen LogP contribution is -2.11. The van der Waals surface area contributed by atoms with Crippen LogP contribution in [-0.2, 0) is 0 Å². The number of para-hydroxylation sites is 1. The molecule has 1 aromatic carbocycles. The van der Waals surface area contributed by atoms with E-state index in [-0.39, 0.29) is 21.5 Å². The Bertz CT molecular complexity index is 611. The van der Waals surface area contributed by atoms with Crippen molar-refractivity contribution in [1.82, 2.24) is 4.98 Å². The minimum atomic E-state index is -0.642. The number of thiazole rings is 1. The molecule has 0 bridgehead atoms. The molecule has 0 aliphatic carbocycles. The van der Waals surface area contributed by atoms with E-state index in [1.165, 1.54) is 12.1 Å². The van der Waals surface area contributed by atoms with Gasteiger partial charge in [0.05, 0.1) is 10.5 Å². The monoisotopic (exact) mass is 265 g/mol. The van der Waals surface area contributed by atoms with Crippen LogP contribution in [0.1, 0.15) is 10.4 Å². The lowest BCUT2D eigenvalue weighted by atomic mass is 10.2. The van der Waals surface area contributed by atoms with Crippen LogP contribution in [-0.4, -0.2) is 15.8 Å². The molecule has 0 aliphatic heterocycles. The van der Waals surface area contributed by atoms with E-state index in [2.05, 4.69) is 4.98 Å². The van der Waals surface area contributed by atoms with Crippen LogP contribution in [0.5, 0.6) is 10.9 Å². The average Bonchev–Trinajstić information content (AvgIpc) is 2.78. The molecule has 1 heterocycles. The first kappa shape index (κ1) is 12.0. The number of hydrogen-bond acceptors (Lipinski definition) is 6. The van der Waals surface area contributed by atoms with E-state index in [1.54, 1.807) is 12.1 Å². The van der Waals surface area contributed by atoms with Gasteiger partial charge in [-0.1, -0.05) is 12.1 Å². The van der Waals surface area contributed by atoms with Crippen molar-refractivity contribution in [3.8, 4) is 10.9 Å². The molecule has 92 valence electrons. The number of primary amides is 1. The van der Waals surface area contributed by atoms with E-state index < -0.39 is 10.8 Å². The molecule has 1 amide bonds. The normalized spacial score (nSPS) is 10.0. The Morgan fingerprint density at radius 1 is 1.44 bits per heavy atom. The van der Waals surface area contributed by atoms with Crippen LogP contribution in [0.2, 0.25) is 0 Å². The highest BCUT2D eigenvalue weighted by Crippen LogP contribution is 2.32. The molecule has 0 spiro atoms. The number of amides is 1. The minimum absolute atomic E-state index is 0.0791. The average molecular weight is 265 g/mol. The third-order valence-corrected chi connectivity index (χ3v) is 2.83. The molecule has 0 atom stereocenters. The zero-order valence-corrected chi connectivity index (χ0v) is 9.72.